The number of hydrogen-bond acceptors (Lipinski definition) is 4. The highest BCUT2D eigenvalue weighted by atomic mass is 16.6. The monoisotopic (exact) mass is 366 g/mol. The molecular formula is C23H26O4. The van der Waals surface area contributed by atoms with Crippen LogP contribution in [0.4, 0.5) is 0 Å². The Balaban J connectivity index is 1.37. The van der Waals surface area contributed by atoms with Gasteiger partial charge in [0.25, 0.3) is 0 Å². The van der Waals surface area contributed by atoms with E-state index in [1.165, 1.54) is 12.0 Å². The van der Waals surface area contributed by atoms with Crippen molar-refractivity contribution in [1.82, 2.24) is 0 Å². The van der Waals surface area contributed by atoms with E-state index in [-0.39, 0.29) is 39.9 Å². The molecule has 7 rings (SSSR count). The number of allylic oxidation sites excluding steroid dienone is 2. The fourth-order valence-corrected chi connectivity index (χ4v) is 8.75. The second kappa shape index (κ2) is 4.12. The van der Waals surface area contributed by atoms with E-state index in [0.29, 0.717) is 30.1 Å². The van der Waals surface area contributed by atoms with E-state index in [9.17, 15) is 9.59 Å². The van der Waals surface area contributed by atoms with Crippen molar-refractivity contribution in [3.05, 3.63) is 23.8 Å². The van der Waals surface area contributed by atoms with Gasteiger partial charge in [-0.05, 0) is 74.9 Å². The molecule has 4 nitrogen and oxygen atoms in total. The van der Waals surface area contributed by atoms with Crippen LogP contribution in [0, 0.1) is 34.5 Å². The minimum Gasteiger partial charge on any atom is -0.458 e. The van der Waals surface area contributed by atoms with Gasteiger partial charge in [-0.25, -0.2) is 0 Å². The van der Waals surface area contributed by atoms with Crippen LogP contribution in [-0.2, 0) is 19.1 Å². The van der Waals surface area contributed by atoms with Crippen LogP contribution in [-0.4, -0.2) is 29.1 Å². The lowest BCUT2D eigenvalue weighted by molar-refractivity contribution is -0.164. The van der Waals surface area contributed by atoms with E-state index < -0.39 is 0 Å². The lowest BCUT2D eigenvalue weighted by atomic mass is 9.47. The van der Waals surface area contributed by atoms with Crippen LogP contribution in [0.5, 0.6) is 0 Å². The molecule has 2 spiro atoms. The number of fused-ring (bicyclic) bond motifs is 7. The second-order valence-corrected chi connectivity index (χ2v) is 10.7. The van der Waals surface area contributed by atoms with Crippen LogP contribution in [0.3, 0.4) is 0 Å². The Morgan fingerprint density at radius 1 is 1.19 bits per heavy atom. The van der Waals surface area contributed by atoms with Crippen LogP contribution < -0.4 is 0 Å². The second-order valence-electron chi connectivity index (χ2n) is 10.7. The molecule has 6 fully saturated rings. The Morgan fingerprint density at radius 2 is 2.04 bits per heavy atom. The standard InChI is InChI=1S/C23H26O4/c1-20-6-3-12(24)9-16(20)13-10-14(13)19-15-4-7-22(8-5-18(25)27-22)21(15,2)11-17-23(19,20)26-17/h3,6,9,13-15,17,19H,4-5,7-8,10-11H2,1-2H3/t13?,14?,15-,17?,19-,20-,21-,22+,23+/m0/s1. The van der Waals surface area contributed by atoms with Gasteiger partial charge < -0.3 is 9.47 Å². The van der Waals surface area contributed by atoms with Crippen LogP contribution in [0.2, 0.25) is 0 Å². The molecule has 9 atom stereocenters. The van der Waals surface area contributed by atoms with Crippen molar-refractivity contribution in [2.24, 2.45) is 34.5 Å². The molecule has 4 heteroatoms. The Bertz CT molecular complexity index is 887. The van der Waals surface area contributed by atoms with E-state index in [0.717, 1.165) is 25.7 Å². The third kappa shape index (κ3) is 1.43. The summed E-state index contributed by atoms with van der Waals surface area (Å²) in [6.45, 7) is 4.70. The minimum atomic E-state index is -0.257. The van der Waals surface area contributed by atoms with Gasteiger partial charge in [0, 0.05) is 17.3 Å². The first-order valence-electron chi connectivity index (χ1n) is 10.7. The van der Waals surface area contributed by atoms with Gasteiger partial charge >= 0.3 is 5.97 Å². The zero-order valence-electron chi connectivity index (χ0n) is 16.0. The summed E-state index contributed by atoms with van der Waals surface area (Å²) in [5.41, 5.74) is 0.839. The maximum absolute atomic E-state index is 12.1. The molecule has 3 unspecified atom stereocenters. The van der Waals surface area contributed by atoms with Gasteiger partial charge in [-0.1, -0.05) is 18.6 Å². The topological polar surface area (TPSA) is 55.9 Å². The SMILES string of the molecule is C[C@]12C=CC(=O)C=C1C1CC1[C@H]1[C@@H]3CC[C@@]4(CCC(=O)O4)[C@@]3(C)CC3O[C@]312. The average Bonchev–Trinajstić information content (AvgIpc) is 3.49. The molecule has 142 valence electrons. The number of ether oxygens (including phenoxy) is 2. The van der Waals surface area contributed by atoms with E-state index in [1.807, 2.05) is 6.08 Å². The fraction of sp³-hybridized carbons (Fsp3) is 0.739. The molecule has 0 radical (unpaired) electrons. The van der Waals surface area contributed by atoms with Gasteiger partial charge in [0.2, 0.25) is 0 Å². The van der Waals surface area contributed by atoms with Crippen LogP contribution >= 0.6 is 0 Å². The summed E-state index contributed by atoms with van der Waals surface area (Å²) in [5, 5.41) is 0. The summed E-state index contributed by atoms with van der Waals surface area (Å²) >= 11 is 0. The third-order valence-corrected chi connectivity index (χ3v) is 10.0. The van der Waals surface area contributed by atoms with E-state index in [1.54, 1.807) is 6.08 Å². The summed E-state index contributed by atoms with van der Waals surface area (Å²) in [4.78, 5) is 24.1. The molecule has 27 heavy (non-hydrogen) atoms. The highest BCUT2D eigenvalue weighted by Gasteiger charge is 2.85. The van der Waals surface area contributed by atoms with Crippen molar-refractivity contribution in [1.29, 1.82) is 0 Å². The predicted molar refractivity (Wildman–Crippen MR) is 96.5 cm³/mol. The zero-order chi connectivity index (χ0) is 18.4. The lowest BCUT2D eigenvalue weighted by Gasteiger charge is -2.55. The van der Waals surface area contributed by atoms with Gasteiger partial charge in [-0.2, -0.15) is 0 Å². The minimum absolute atomic E-state index is 0.00993. The van der Waals surface area contributed by atoms with Gasteiger partial charge in [-0.15, -0.1) is 0 Å². The number of carbonyl (C=O) groups is 2. The number of esters is 1. The smallest absolute Gasteiger partial charge is 0.306 e. The number of carbonyl (C=O) groups excluding carboxylic acids is 2. The molecule has 0 aromatic rings. The van der Waals surface area contributed by atoms with E-state index in [2.05, 4.69) is 19.9 Å². The fourth-order valence-electron chi connectivity index (χ4n) is 8.75. The Kier molecular flexibility index (Phi) is 2.37. The number of epoxide rings is 1. The number of rotatable bonds is 0. The molecule has 0 bridgehead atoms. The highest BCUT2D eigenvalue weighted by Crippen LogP contribution is 2.82. The van der Waals surface area contributed by atoms with Crippen molar-refractivity contribution in [2.75, 3.05) is 0 Å². The third-order valence-electron chi connectivity index (χ3n) is 10.0. The summed E-state index contributed by atoms with van der Waals surface area (Å²) in [6, 6.07) is 0. The molecule has 0 aromatic heterocycles. The predicted octanol–water partition coefficient (Wildman–Crippen LogP) is 3.36. The molecule has 0 N–H and O–H groups in total. The summed E-state index contributed by atoms with van der Waals surface area (Å²) < 4.78 is 12.7. The Labute approximate surface area is 159 Å². The van der Waals surface area contributed by atoms with Crippen molar-refractivity contribution < 1.29 is 19.1 Å². The van der Waals surface area contributed by atoms with Gasteiger partial charge in [-0.3, -0.25) is 9.59 Å². The summed E-state index contributed by atoms with van der Waals surface area (Å²) in [5.74, 6) is 2.41. The Morgan fingerprint density at radius 3 is 2.81 bits per heavy atom. The highest BCUT2D eigenvalue weighted by molar-refractivity contribution is 6.01. The van der Waals surface area contributed by atoms with E-state index >= 15 is 0 Å². The Hall–Kier alpha value is -1.42. The maximum Gasteiger partial charge on any atom is 0.306 e. The van der Waals surface area contributed by atoms with Crippen LogP contribution in [0.25, 0.3) is 0 Å². The average molecular weight is 366 g/mol. The number of hydrogen-bond donors (Lipinski definition) is 0. The van der Waals surface area contributed by atoms with Gasteiger partial charge in [0.1, 0.15) is 11.2 Å². The van der Waals surface area contributed by atoms with Gasteiger partial charge in [0.05, 0.1) is 6.10 Å². The molecule has 5 aliphatic carbocycles. The molecule has 4 saturated carbocycles. The van der Waals surface area contributed by atoms with E-state index in [4.69, 9.17) is 9.47 Å². The molecule has 2 heterocycles. The van der Waals surface area contributed by atoms with Crippen LogP contribution in [0.1, 0.15) is 52.4 Å². The first-order chi connectivity index (χ1) is 12.8. The molecular weight excluding hydrogens is 340 g/mol. The molecule has 2 saturated heterocycles. The van der Waals surface area contributed by atoms with Crippen molar-refractivity contribution in [3.63, 3.8) is 0 Å². The zero-order valence-corrected chi connectivity index (χ0v) is 16.0. The molecule has 0 amide bonds. The van der Waals surface area contributed by atoms with Crippen LogP contribution in [0.15, 0.2) is 23.8 Å². The molecule has 7 aliphatic rings. The normalized spacial score (nSPS) is 61.4. The van der Waals surface area contributed by atoms with Crippen molar-refractivity contribution in [2.45, 2.75) is 69.7 Å². The lowest BCUT2D eigenvalue weighted by Crippen LogP contribution is -2.60. The first kappa shape index (κ1) is 15.5. The first-order valence-corrected chi connectivity index (χ1v) is 10.7. The summed E-state index contributed by atoms with van der Waals surface area (Å²) in [7, 11) is 0. The molecule has 2 aliphatic heterocycles. The molecule has 0 aromatic carbocycles. The summed E-state index contributed by atoms with van der Waals surface area (Å²) in [6.07, 6.45) is 11.9. The quantitative estimate of drug-likeness (QED) is 0.487. The van der Waals surface area contributed by atoms with Crippen molar-refractivity contribution >= 4 is 11.8 Å². The maximum atomic E-state index is 12.1. The largest absolute Gasteiger partial charge is 0.458 e. The van der Waals surface area contributed by atoms with Gasteiger partial charge in [0.15, 0.2) is 5.78 Å². The number of ketones is 1. The van der Waals surface area contributed by atoms with Crippen molar-refractivity contribution in [3.8, 4) is 0 Å².